The lowest BCUT2D eigenvalue weighted by atomic mass is 10.2. The Morgan fingerprint density at radius 3 is 2.62 bits per heavy atom. The molecule has 1 aromatic carbocycles. The third-order valence-corrected chi connectivity index (χ3v) is 1.56. The fourth-order valence-corrected chi connectivity index (χ4v) is 0.975. The van der Waals surface area contributed by atoms with Crippen LogP contribution in [0.2, 0.25) is 0 Å². The maximum absolute atomic E-state index is 11.7. The van der Waals surface area contributed by atoms with Crippen LogP contribution in [0.25, 0.3) is 0 Å². The topological polar surface area (TPSA) is 18.5 Å². The van der Waals surface area contributed by atoms with Crippen LogP contribution in [-0.4, -0.2) is 13.7 Å². The summed E-state index contributed by atoms with van der Waals surface area (Å²) in [4.78, 5) is 0. The van der Waals surface area contributed by atoms with E-state index in [1.54, 1.807) is 24.3 Å². The first-order chi connectivity index (χ1) is 6.24. The van der Waals surface area contributed by atoms with Gasteiger partial charge in [-0.2, -0.15) is 8.78 Å². The lowest BCUT2D eigenvalue weighted by molar-refractivity contribution is -0.137. The second-order valence-corrected chi connectivity index (χ2v) is 2.38. The molecule has 1 rings (SSSR count). The zero-order chi connectivity index (χ0) is 9.68. The molecule has 0 atom stereocenters. The molecular weight excluding hydrogens is 178 g/mol. The van der Waals surface area contributed by atoms with Gasteiger partial charge in [-0.15, -0.1) is 0 Å². The summed E-state index contributed by atoms with van der Waals surface area (Å²) < 4.78 is 32.5. The zero-order valence-electron chi connectivity index (χ0n) is 7.17. The lowest BCUT2D eigenvalue weighted by Gasteiger charge is -2.07. The second kappa shape index (κ2) is 4.77. The Hall–Kier alpha value is -1.16. The van der Waals surface area contributed by atoms with Gasteiger partial charge in [-0.25, -0.2) is 0 Å². The molecule has 0 aliphatic heterocycles. The highest BCUT2D eigenvalue weighted by Crippen LogP contribution is 2.18. The summed E-state index contributed by atoms with van der Waals surface area (Å²) in [6.07, 6.45) is 0. The molecule has 0 fully saturated rings. The number of hydrogen-bond donors (Lipinski definition) is 0. The number of hydrogen-bond acceptors (Lipinski definition) is 2. The first-order valence-corrected chi connectivity index (χ1v) is 3.75. The van der Waals surface area contributed by atoms with Gasteiger partial charge in [0.1, 0.15) is 5.75 Å². The third kappa shape index (κ3) is 2.99. The van der Waals surface area contributed by atoms with Crippen LogP contribution in [0.15, 0.2) is 24.3 Å². The quantitative estimate of drug-likeness (QED) is 0.722. The van der Waals surface area contributed by atoms with E-state index in [9.17, 15) is 8.78 Å². The molecule has 0 saturated heterocycles. The highest BCUT2D eigenvalue weighted by molar-refractivity contribution is 5.32. The van der Waals surface area contributed by atoms with E-state index in [-0.39, 0.29) is 6.61 Å². The van der Waals surface area contributed by atoms with Crippen molar-refractivity contribution in [1.82, 2.24) is 0 Å². The van der Waals surface area contributed by atoms with Crippen LogP contribution in [-0.2, 0) is 11.3 Å². The predicted octanol–water partition coefficient (Wildman–Crippen LogP) is 2.43. The maximum Gasteiger partial charge on any atom is 0.345 e. The molecule has 4 heteroatoms. The van der Waals surface area contributed by atoms with E-state index in [0.29, 0.717) is 11.3 Å². The highest BCUT2D eigenvalue weighted by atomic mass is 19.3. The van der Waals surface area contributed by atoms with Gasteiger partial charge in [0.2, 0.25) is 0 Å². The number of benzene rings is 1. The van der Waals surface area contributed by atoms with Crippen LogP contribution in [0.3, 0.4) is 0 Å². The summed E-state index contributed by atoms with van der Waals surface area (Å²) in [5.41, 5.74) is 0.616. The van der Waals surface area contributed by atoms with Gasteiger partial charge in [0.25, 0.3) is 0 Å². The van der Waals surface area contributed by atoms with Gasteiger partial charge in [-0.3, -0.25) is 0 Å². The van der Waals surface area contributed by atoms with Gasteiger partial charge in [0, 0.05) is 5.56 Å². The lowest BCUT2D eigenvalue weighted by Crippen LogP contribution is -2.00. The van der Waals surface area contributed by atoms with E-state index < -0.39 is 6.61 Å². The van der Waals surface area contributed by atoms with Crippen molar-refractivity contribution in [3.8, 4) is 5.75 Å². The van der Waals surface area contributed by atoms with Crippen LogP contribution < -0.4 is 4.74 Å². The Labute approximate surface area is 75.1 Å². The van der Waals surface area contributed by atoms with Gasteiger partial charge in [0.15, 0.2) is 0 Å². The molecule has 0 unspecified atom stereocenters. The third-order valence-electron chi connectivity index (χ3n) is 1.56. The number of halogens is 2. The fraction of sp³-hybridized carbons (Fsp3) is 0.333. The minimum absolute atomic E-state index is 0.137. The molecule has 0 heterocycles. The van der Waals surface area contributed by atoms with Crippen LogP contribution in [0.4, 0.5) is 8.78 Å². The summed E-state index contributed by atoms with van der Waals surface area (Å²) >= 11 is 0. The van der Waals surface area contributed by atoms with Crippen molar-refractivity contribution in [1.29, 1.82) is 0 Å². The molecule has 13 heavy (non-hydrogen) atoms. The summed E-state index contributed by atoms with van der Waals surface area (Å²) in [6.45, 7) is -2.88. The molecular formula is C9H10F2O2. The number of para-hydroxylation sites is 1. The standard InChI is InChI=1S/C9H10F2O2/c1-12-8-5-3-2-4-7(8)6-13-9(10)11/h2-5,9H,6H2,1H3. The molecule has 0 aliphatic rings. The van der Waals surface area contributed by atoms with E-state index in [0.717, 1.165) is 0 Å². The van der Waals surface area contributed by atoms with E-state index in [4.69, 9.17) is 4.74 Å². The molecule has 0 aromatic heterocycles. The predicted molar refractivity (Wildman–Crippen MR) is 43.8 cm³/mol. The maximum atomic E-state index is 11.7. The van der Waals surface area contributed by atoms with Crippen LogP contribution in [0.1, 0.15) is 5.56 Å². The van der Waals surface area contributed by atoms with Gasteiger partial charge in [-0.1, -0.05) is 18.2 Å². The first kappa shape index (κ1) is 9.92. The highest BCUT2D eigenvalue weighted by Gasteiger charge is 2.05. The Bertz CT molecular complexity index is 264. The summed E-state index contributed by atoms with van der Waals surface area (Å²) in [5, 5.41) is 0. The molecule has 72 valence electrons. The summed E-state index contributed by atoms with van der Waals surface area (Å²) in [5.74, 6) is 0.558. The number of rotatable bonds is 4. The smallest absolute Gasteiger partial charge is 0.345 e. The van der Waals surface area contributed by atoms with Gasteiger partial charge in [0.05, 0.1) is 13.7 Å². The monoisotopic (exact) mass is 188 g/mol. The minimum atomic E-state index is -2.75. The molecule has 0 N–H and O–H groups in total. The Kier molecular flexibility index (Phi) is 3.64. The Balaban J connectivity index is 2.64. The zero-order valence-corrected chi connectivity index (χ0v) is 7.17. The summed E-state index contributed by atoms with van der Waals surface area (Å²) in [7, 11) is 1.49. The van der Waals surface area contributed by atoms with Crippen LogP contribution in [0, 0.1) is 0 Å². The van der Waals surface area contributed by atoms with Gasteiger partial charge in [-0.05, 0) is 6.07 Å². The fourth-order valence-electron chi connectivity index (χ4n) is 0.975. The molecule has 1 aromatic rings. The SMILES string of the molecule is COc1ccccc1COC(F)F. The molecule has 0 radical (unpaired) electrons. The average molecular weight is 188 g/mol. The molecule has 0 bridgehead atoms. The normalized spacial score (nSPS) is 10.5. The molecule has 0 amide bonds. The van der Waals surface area contributed by atoms with E-state index in [1.807, 2.05) is 0 Å². The second-order valence-electron chi connectivity index (χ2n) is 2.38. The van der Waals surface area contributed by atoms with Crippen molar-refractivity contribution < 1.29 is 18.3 Å². The van der Waals surface area contributed by atoms with Crippen LogP contribution in [0.5, 0.6) is 5.75 Å². The van der Waals surface area contributed by atoms with Crippen molar-refractivity contribution in [3.05, 3.63) is 29.8 Å². The molecule has 2 nitrogen and oxygen atoms in total. The van der Waals surface area contributed by atoms with Crippen molar-refractivity contribution in [3.63, 3.8) is 0 Å². The van der Waals surface area contributed by atoms with Crippen molar-refractivity contribution in [2.45, 2.75) is 13.2 Å². The van der Waals surface area contributed by atoms with E-state index in [1.165, 1.54) is 7.11 Å². The Morgan fingerprint density at radius 2 is 2.00 bits per heavy atom. The van der Waals surface area contributed by atoms with Crippen LogP contribution >= 0.6 is 0 Å². The first-order valence-electron chi connectivity index (χ1n) is 3.75. The summed E-state index contributed by atoms with van der Waals surface area (Å²) in [6, 6.07) is 6.89. The molecule has 0 saturated carbocycles. The van der Waals surface area contributed by atoms with Gasteiger partial charge >= 0.3 is 6.61 Å². The van der Waals surface area contributed by atoms with Gasteiger partial charge < -0.3 is 9.47 Å². The van der Waals surface area contributed by atoms with Crippen molar-refractivity contribution in [2.24, 2.45) is 0 Å². The molecule has 0 aliphatic carbocycles. The number of alkyl halides is 2. The number of methoxy groups -OCH3 is 1. The minimum Gasteiger partial charge on any atom is -0.496 e. The average Bonchev–Trinajstić information content (AvgIpc) is 2.15. The van der Waals surface area contributed by atoms with Crippen molar-refractivity contribution in [2.75, 3.05) is 7.11 Å². The largest absolute Gasteiger partial charge is 0.496 e. The molecule has 0 spiro atoms. The Morgan fingerprint density at radius 1 is 1.31 bits per heavy atom. The van der Waals surface area contributed by atoms with Crippen molar-refractivity contribution >= 4 is 0 Å². The van der Waals surface area contributed by atoms with E-state index in [2.05, 4.69) is 4.74 Å². The van der Waals surface area contributed by atoms with E-state index >= 15 is 0 Å². The number of ether oxygens (including phenoxy) is 2.